The van der Waals surface area contributed by atoms with Crippen molar-refractivity contribution >= 4 is 22.8 Å². The van der Waals surface area contributed by atoms with E-state index in [2.05, 4.69) is 15.3 Å². The maximum Gasteiger partial charge on any atom is 0.326 e. The summed E-state index contributed by atoms with van der Waals surface area (Å²) in [6.07, 6.45) is 4.50. The fourth-order valence-electron chi connectivity index (χ4n) is 3.44. The van der Waals surface area contributed by atoms with E-state index in [4.69, 9.17) is 0 Å². The molecule has 156 valence electrons. The average Bonchev–Trinajstić information content (AvgIpc) is 3.18. The second-order valence-corrected chi connectivity index (χ2v) is 7.13. The number of carbonyl (C=O) groups excluding carboxylic acids is 1. The summed E-state index contributed by atoms with van der Waals surface area (Å²) in [4.78, 5) is 43.7. The van der Waals surface area contributed by atoms with Gasteiger partial charge < -0.3 is 20.0 Å². The van der Waals surface area contributed by atoms with Gasteiger partial charge in [0.15, 0.2) is 0 Å². The van der Waals surface area contributed by atoms with Crippen LogP contribution >= 0.6 is 0 Å². The van der Waals surface area contributed by atoms with Gasteiger partial charge in [0.2, 0.25) is 5.91 Å². The molecule has 1 amide bonds. The van der Waals surface area contributed by atoms with E-state index in [1.807, 2.05) is 54.6 Å². The zero-order chi connectivity index (χ0) is 21.8. The zero-order valence-electron chi connectivity index (χ0n) is 16.5. The van der Waals surface area contributed by atoms with Gasteiger partial charge in [-0.3, -0.25) is 9.59 Å². The highest BCUT2D eigenvalue weighted by Crippen LogP contribution is 2.19. The smallest absolute Gasteiger partial charge is 0.326 e. The van der Waals surface area contributed by atoms with Crippen LogP contribution in [0.25, 0.3) is 22.2 Å². The van der Waals surface area contributed by atoms with Gasteiger partial charge in [-0.25, -0.2) is 9.78 Å². The van der Waals surface area contributed by atoms with Gasteiger partial charge >= 0.3 is 5.97 Å². The predicted octanol–water partition coefficient (Wildman–Crippen LogP) is 2.20. The summed E-state index contributed by atoms with van der Waals surface area (Å²) in [7, 11) is 0. The lowest BCUT2D eigenvalue weighted by atomic mass is 10.0. The van der Waals surface area contributed by atoms with Crippen LogP contribution in [0.5, 0.6) is 0 Å². The third-order valence-corrected chi connectivity index (χ3v) is 4.99. The highest BCUT2D eigenvalue weighted by molar-refractivity contribution is 5.86. The first-order valence-corrected chi connectivity index (χ1v) is 9.70. The lowest BCUT2D eigenvalue weighted by Crippen LogP contribution is -2.44. The Kier molecular flexibility index (Phi) is 5.61. The number of nitrogens with one attached hydrogen (secondary N) is 2. The molecule has 0 saturated carbocycles. The van der Waals surface area contributed by atoms with E-state index in [-0.39, 0.29) is 13.0 Å². The molecule has 0 fully saturated rings. The van der Waals surface area contributed by atoms with Gasteiger partial charge in [-0.2, -0.15) is 0 Å². The van der Waals surface area contributed by atoms with Crippen LogP contribution in [0.2, 0.25) is 0 Å². The number of hydrogen-bond donors (Lipinski definition) is 3. The molecule has 1 atom stereocenters. The summed E-state index contributed by atoms with van der Waals surface area (Å²) in [5.41, 5.74) is 2.58. The Morgan fingerprint density at radius 1 is 1.10 bits per heavy atom. The molecule has 2 aromatic carbocycles. The number of nitrogens with zero attached hydrogens (tertiary/aromatic N) is 2. The van der Waals surface area contributed by atoms with Gasteiger partial charge in [0.1, 0.15) is 12.6 Å². The summed E-state index contributed by atoms with van der Waals surface area (Å²) in [5, 5.41) is 13.0. The Morgan fingerprint density at radius 2 is 1.84 bits per heavy atom. The van der Waals surface area contributed by atoms with Crippen LogP contribution in [0.1, 0.15) is 5.56 Å². The van der Waals surface area contributed by atoms with Gasteiger partial charge in [0.05, 0.1) is 11.9 Å². The Balaban J connectivity index is 1.50. The topological polar surface area (TPSA) is 117 Å². The SMILES string of the molecule is O=C(Cn1cc(-c2ccccc2)ncc1=O)N[C@H](Cc1c[nH]c2ccccc12)C(=O)O. The number of carboxylic acid groups (broad SMARTS) is 1. The molecule has 0 aliphatic carbocycles. The van der Waals surface area contributed by atoms with E-state index in [9.17, 15) is 19.5 Å². The quantitative estimate of drug-likeness (QED) is 0.427. The van der Waals surface area contributed by atoms with Gasteiger partial charge in [0, 0.05) is 35.3 Å². The van der Waals surface area contributed by atoms with Crippen molar-refractivity contribution in [3.63, 3.8) is 0 Å². The molecule has 3 N–H and O–H groups in total. The first kappa shape index (κ1) is 20.1. The number of carbonyl (C=O) groups is 2. The number of rotatable bonds is 7. The van der Waals surface area contributed by atoms with E-state index in [1.165, 1.54) is 10.8 Å². The van der Waals surface area contributed by atoms with Crippen LogP contribution in [0.3, 0.4) is 0 Å². The first-order chi connectivity index (χ1) is 15.0. The highest BCUT2D eigenvalue weighted by atomic mass is 16.4. The summed E-state index contributed by atoms with van der Waals surface area (Å²) in [6, 6.07) is 15.7. The fraction of sp³-hybridized carbons (Fsp3) is 0.130. The number of H-pyrrole nitrogens is 1. The molecule has 4 rings (SSSR count). The molecule has 2 heterocycles. The van der Waals surface area contributed by atoms with E-state index < -0.39 is 23.5 Å². The van der Waals surface area contributed by atoms with Crippen molar-refractivity contribution in [1.82, 2.24) is 19.9 Å². The number of hydrogen-bond acceptors (Lipinski definition) is 4. The zero-order valence-corrected chi connectivity index (χ0v) is 16.5. The van der Waals surface area contributed by atoms with Crippen LogP contribution in [0.15, 0.2) is 78.0 Å². The average molecular weight is 416 g/mol. The number of aromatic amines is 1. The molecule has 0 bridgehead atoms. The molecule has 0 unspecified atom stereocenters. The van der Waals surface area contributed by atoms with E-state index in [0.717, 1.165) is 28.2 Å². The van der Waals surface area contributed by atoms with Crippen molar-refractivity contribution in [3.05, 3.63) is 89.1 Å². The normalized spacial score (nSPS) is 11.9. The molecule has 0 spiro atoms. The lowest BCUT2D eigenvalue weighted by Gasteiger charge is -2.15. The number of benzene rings is 2. The van der Waals surface area contributed by atoms with Gasteiger partial charge in [0.25, 0.3) is 5.56 Å². The molecule has 31 heavy (non-hydrogen) atoms. The minimum absolute atomic E-state index is 0.117. The molecule has 2 aromatic heterocycles. The minimum atomic E-state index is -1.15. The molecule has 4 aromatic rings. The predicted molar refractivity (Wildman–Crippen MR) is 116 cm³/mol. The number of aromatic nitrogens is 3. The van der Waals surface area contributed by atoms with Gasteiger partial charge in [-0.05, 0) is 11.6 Å². The van der Waals surface area contributed by atoms with Crippen LogP contribution in [0, 0.1) is 0 Å². The summed E-state index contributed by atoms with van der Waals surface area (Å²) in [5.74, 6) is -1.72. The first-order valence-electron chi connectivity index (χ1n) is 9.70. The number of aliphatic carboxylic acids is 1. The lowest BCUT2D eigenvalue weighted by molar-refractivity contribution is -0.141. The van der Waals surface area contributed by atoms with Crippen LogP contribution in [-0.2, 0) is 22.6 Å². The fourth-order valence-corrected chi connectivity index (χ4v) is 3.44. The van der Waals surface area contributed by atoms with Crippen molar-refractivity contribution in [3.8, 4) is 11.3 Å². The molecular formula is C23H20N4O4. The van der Waals surface area contributed by atoms with Crippen LogP contribution in [-0.4, -0.2) is 37.6 Å². The Labute approximate surface area is 177 Å². The number of carboxylic acids is 1. The number of amides is 1. The number of fused-ring (bicyclic) bond motifs is 1. The third kappa shape index (κ3) is 4.53. The Hall–Kier alpha value is -4.20. The second-order valence-electron chi connectivity index (χ2n) is 7.13. The molecule has 0 saturated heterocycles. The van der Waals surface area contributed by atoms with Crippen molar-refractivity contribution in [2.75, 3.05) is 0 Å². The number of para-hydroxylation sites is 1. The maximum atomic E-state index is 12.6. The largest absolute Gasteiger partial charge is 0.480 e. The van der Waals surface area contributed by atoms with E-state index in [1.54, 1.807) is 6.20 Å². The summed E-state index contributed by atoms with van der Waals surface area (Å²) >= 11 is 0. The Morgan fingerprint density at radius 3 is 2.61 bits per heavy atom. The van der Waals surface area contributed by atoms with E-state index >= 15 is 0 Å². The van der Waals surface area contributed by atoms with Crippen molar-refractivity contribution in [2.24, 2.45) is 0 Å². The molecule has 8 heteroatoms. The highest BCUT2D eigenvalue weighted by Gasteiger charge is 2.22. The maximum absolute atomic E-state index is 12.6. The molecule has 8 nitrogen and oxygen atoms in total. The third-order valence-electron chi connectivity index (χ3n) is 4.99. The summed E-state index contributed by atoms with van der Waals surface area (Å²) in [6.45, 7) is -0.307. The van der Waals surface area contributed by atoms with Crippen molar-refractivity contribution in [2.45, 2.75) is 19.0 Å². The van der Waals surface area contributed by atoms with E-state index in [0.29, 0.717) is 5.69 Å². The molecule has 0 aliphatic rings. The molecule has 0 radical (unpaired) electrons. The van der Waals surface area contributed by atoms with Gasteiger partial charge in [-0.15, -0.1) is 0 Å². The standard InChI is InChI=1S/C23H20N4O4/c28-21(14-27-13-20(25-12-22(27)29)15-6-2-1-3-7-15)26-19(23(30)31)10-16-11-24-18-9-5-4-8-17(16)18/h1-9,11-13,19,24H,10,14H2,(H,26,28)(H,30,31)/t19-/m1/s1. The Bertz CT molecular complexity index is 1290. The van der Waals surface area contributed by atoms with Crippen molar-refractivity contribution < 1.29 is 14.7 Å². The van der Waals surface area contributed by atoms with Gasteiger partial charge in [-0.1, -0.05) is 48.5 Å². The van der Waals surface area contributed by atoms with Crippen LogP contribution < -0.4 is 10.9 Å². The minimum Gasteiger partial charge on any atom is -0.480 e. The van der Waals surface area contributed by atoms with Crippen molar-refractivity contribution in [1.29, 1.82) is 0 Å². The summed E-state index contributed by atoms with van der Waals surface area (Å²) < 4.78 is 1.22. The monoisotopic (exact) mass is 416 g/mol. The van der Waals surface area contributed by atoms with Crippen LogP contribution in [0.4, 0.5) is 0 Å². The second kappa shape index (κ2) is 8.66. The molecule has 0 aliphatic heterocycles. The molecular weight excluding hydrogens is 396 g/mol.